The molecule has 9 heavy (non-hydrogen) atoms. The van der Waals surface area contributed by atoms with E-state index in [1.165, 1.54) is 0 Å². The predicted octanol–water partition coefficient (Wildman–Crippen LogP) is -1.13. The highest BCUT2D eigenvalue weighted by molar-refractivity contribution is 5.92. The summed E-state index contributed by atoms with van der Waals surface area (Å²) in [6.07, 6.45) is 0. The van der Waals surface area contributed by atoms with Gasteiger partial charge in [-0.3, -0.25) is 9.59 Å². The molecule has 0 bridgehead atoms. The van der Waals surface area contributed by atoms with Crippen molar-refractivity contribution in [2.75, 3.05) is 13.1 Å². The zero-order valence-corrected chi connectivity index (χ0v) is 4.23. The molecule has 0 radical (unpaired) electrons. The Balaban J connectivity index is 0.000000640. The van der Waals surface area contributed by atoms with Gasteiger partial charge in [0.05, 0.1) is 13.1 Å². The molecule has 2 N–H and O–H groups in total. The van der Waals surface area contributed by atoms with Crippen molar-refractivity contribution in [3.8, 4) is 0 Å². The summed E-state index contributed by atoms with van der Waals surface area (Å²) in [4.78, 5) is 20.6. The third kappa shape index (κ3) is 2.12. The second kappa shape index (κ2) is 3.06. The van der Waals surface area contributed by atoms with Crippen molar-refractivity contribution in [1.29, 1.82) is 0 Å². The number of rotatable bonds is 0. The van der Waals surface area contributed by atoms with E-state index in [4.69, 9.17) is 0 Å². The summed E-state index contributed by atoms with van der Waals surface area (Å²) in [5.74, 6) is -0.241. The van der Waals surface area contributed by atoms with Crippen molar-refractivity contribution in [3.63, 3.8) is 0 Å². The number of nitrogens with one attached hydrogen (secondary N) is 2. The van der Waals surface area contributed by atoms with Crippen LogP contribution in [0.2, 0.25) is 0 Å². The Morgan fingerprint density at radius 1 is 1.00 bits per heavy atom. The number of piperazine rings is 1. The summed E-state index contributed by atoms with van der Waals surface area (Å²) >= 11 is 0. The lowest BCUT2D eigenvalue weighted by Gasteiger charge is -2.10. The van der Waals surface area contributed by atoms with Crippen LogP contribution in [-0.4, -0.2) is 24.9 Å². The van der Waals surface area contributed by atoms with Crippen LogP contribution in [0.1, 0.15) is 7.43 Å². The molecule has 4 heteroatoms. The third-order valence-corrected chi connectivity index (χ3v) is 0.892. The summed E-state index contributed by atoms with van der Waals surface area (Å²) < 4.78 is 0. The van der Waals surface area contributed by atoms with Gasteiger partial charge in [-0.1, -0.05) is 7.43 Å². The Morgan fingerprint density at radius 2 is 1.33 bits per heavy atom. The van der Waals surface area contributed by atoms with Crippen LogP contribution in [0.5, 0.6) is 0 Å². The second-order valence-corrected chi connectivity index (χ2v) is 1.55. The average Bonchev–Trinajstić information content (AvgIpc) is 1.77. The fourth-order valence-corrected chi connectivity index (χ4v) is 0.483. The maximum Gasteiger partial charge on any atom is 0.239 e. The van der Waals surface area contributed by atoms with Crippen molar-refractivity contribution < 1.29 is 9.59 Å². The largest absolute Gasteiger partial charge is 0.346 e. The monoisotopic (exact) mass is 130 g/mol. The molecule has 4 nitrogen and oxygen atoms in total. The van der Waals surface area contributed by atoms with Gasteiger partial charge in [-0.2, -0.15) is 0 Å². The normalized spacial score (nSPS) is 17.3. The first-order valence-electron chi connectivity index (χ1n) is 2.32. The van der Waals surface area contributed by atoms with E-state index in [2.05, 4.69) is 10.6 Å². The molecule has 0 aromatic rings. The number of amides is 2. The first kappa shape index (κ1) is 7.94. The highest BCUT2D eigenvalue weighted by Gasteiger charge is 2.11. The average molecular weight is 130 g/mol. The summed E-state index contributed by atoms with van der Waals surface area (Å²) in [6.45, 7) is 0.248. The van der Waals surface area contributed by atoms with E-state index in [-0.39, 0.29) is 32.3 Å². The summed E-state index contributed by atoms with van der Waals surface area (Å²) in [6, 6.07) is 0. The van der Waals surface area contributed by atoms with Crippen molar-refractivity contribution in [1.82, 2.24) is 10.6 Å². The van der Waals surface area contributed by atoms with Gasteiger partial charge in [0.2, 0.25) is 11.8 Å². The van der Waals surface area contributed by atoms with Crippen LogP contribution < -0.4 is 10.6 Å². The highest BCUT2D eigenvalue weighted by atomic mass is 16.2. The van der Waals surface area contributed by atoms with Gasteiger partial charge in [0.25, 0.3) is 0 Å². The molecule has 0 spiro atoms. The molecule has 0 aromatic carbocycles. The predicted molar refractivity (Wildman–Crippen MR) is 32.8 cm³/mol. The molecule has 0 saturated carbocycles. The van der Waals surface area contributed by atoms with E-state index in [1.807, 2.05) is 0 Å². The minimum atomic E-state index is -0.121. The van der Waals surface area contributed by atoms with Gasteiger partial charge in [-0.25, -0.2) is 0 Å². The first-order valence-corrected chi connectivity index (χ1v) is 2.32. The molecule has 1 saturated heterocycles. The lowest BCUT2D eigenvalue weighted by atomic mass is 10.4. The van der Waals surface area contributed by atoms with Crippen molar-refractivity contribution in [2.24, 2.45) is 0 Å². The Hall–Kier alpha value is -1.06. The number of carbonyl (C=O) groups is 2. The Labute approximate surface area is 53.6 Å². The van der Waals surface area contributed by atoms with Crippen LogP contribution in [0.4, 0.5) is 0 Å². The molecule has 1 rings (SSSR count). The Bertz CT molecular complexity index is 105. The van der Waals surface area contributed by atoms with E-state index < -0.39 is 0 Å². The number of carbonyl (C=O) groups excluding carboxylic acids is 2. The van der Waals surface area contributed by atoms with Crippen LogP contribution in [0.15, 0.2) is 0 Å². The molecule has 1 aliphatic heterocycles. The van der Waals surface area contributed by atoms with Gasteiger partial charge in [0, 0.05) is 0 Å². The fourth-order valence-electron chi connectivity index (χ4n) is 0.483. The van der Waals surface area contributed by atoms with E-state index >= 15 is 0 Å². The standard InChI is InChI=1S/C4H6N2O2.CH4/c7-3-1-5-4(8)2-6-3;/h1-2H2,(H,5,8)(H,6,7);1H4. The quantitative estimate of drug-likeness (QED) is 0.436. The molecular weight excluding hydrogens is 120 g/mol. The fraction of sp³-hybridized carbons (Fsp3) is 0.600. The van der Waals surface area contributed by atoms with E-state index in [0.29, 0.717) is 0 Å². The minimum absolute atomic E-state index is 0. The third-order valence-electron chi connectivity index (χ3n) is 0.892. The van der Waals surface area contributed by atoms with Crippen LogP contribution in [0.3, 0.4) is 0 Å². The number of hydrogen-bond acceptors (Lipinski definition) is 2. The SMILES string of the molecule is C.O=C1CNC(=O)CN1. The van der Waals surface area contributed by atoms with E-state index in [1.54, 1.807) is 0 Å². The molecule has 0 atom stereocenters. The van der Waals surface area contributed by atoms with Gasteiger partial charge in [-0.15, -0.1) is 0 Å². The molecule has 1 fully saturated rings. The van der Waals surface area contributed by atoms with Crippen molar-refractivity contribution in [3.05, 3.63) is 0 Å². The second-order valence-electron chi connectivity index (χ2n) is 1.55. The van der Waals surface area contributed by atoms with Crippen molar-refractivity contribution in [2.45, 2.75) is 7.43 Å². The molecule has 52 valence electrons. The first-order chi connectivity index (χ1) is 3.79. The summed E-state index contributed by atoms with van der Waals surface area (Å²) in [5, 5.41) is 4.76. The highest BCUT2D eigenvalue weighted by Crippen LogP contribution is 1.72. The topological polar surface area (TPSA) is 58.2 Å². The maximum atomic E-state index is 10.3. The Kier molecular flexibility index (Phi) is 2.70. The van der Waals surface area contributed by atoms with Gasteiger partial charge < -0.3 is 10.6 Å². The van der Waals surface area contributed by atoms with E-state index in [9.17, 15) is 9.59 Å². The molecule has 0 unspecified atom stereocenters. The maximum absolute atomic E-state index is 10.3. The van der Waals surface area contributed by atoms with E-state index in [0.717, 1.165) is 0 Å². The van der Waals surface area contributed by atoms with Crippen LogP contribution in [-0.2, 0) is 9.59 Å². The Morgan fingerprint density at radius 3 is 1.56 bits per heavy atom. The minimum Gasteiger partial charge on any atom is -0.346 e. The van der Waals surface area contributed by atoms with Gasteiger partial charge in [0.15, 0.2) is 0 Å². The van der Waals surface area contributed by atoms with Gasteiger partial charge in [-0.05, 0) is 0 Å². The molecule has 0 aromatic heterocycles. The summed E-state index contributed by atoms with van der Waals surface area (Å²) in [5.41, 5.74) is 0. The zero-order valence-electron chi connectivity index (χ0n) is 4.23. The van der Waals surface area contributed by atoms with Gasteiger partial charge >= 0.3 is 0 Å². The van der Waals surface area contributed by atoms with Crippen LogP contribution in [0, 0.1) is 0 Å². The van der Waals surface area contributed by atoms with Gasteiger partial charge in [0.1, 0.15) is 0 Å². The smallest absolute Gasteiger partial charge is 0.239 e. The number of hydrogen-bond donors (Lipinski definition) is 2. The molecule has 0 aliphatic carbocycles. The van der Waals surface area contributed by atoms with Crippen LogP contribution >= 0.6 is 0 Å². The molecule has 1 heterocycles. The summed E-state index contributed by atoms with van der Waals surface area (Å²) in [7, 11) is 0. The lowest BCUT2D eigenvalue weighted by Crippen LogP contribution is -2.48. The lowest BCUT2D eigenvalue weighted by molar-refractivity contribution is -0.130. The molecular formula is C5H10N2O2. The molecule has 2 amide bonds. The van der Waals surface area contributed by atoms with Crippen LogP contribution in [0.25, 0.3) is 0 Å². The molecule has 1 aliphatic rings. The zero-order chi connectivity index (χ0) is 5.98. The van der Waals surface area contributed by atoms with Crippen molar-refractivity contribution >= 4 is 11.8 Å².